The van der Waals surface area contributed by atoms with Crippen molar-refractivity contribution >= 4 is 46.4 Å². The molecule has 0 aromatic rings. The molecule has 0 N–H and O–H groups in total. The first-order valence-corrected chi connectivity index (χ1v) is 3.21. The van der Waals surface area contributed by atoms with Gasteiger partial charge in [0, 0.05) is 16.5 Å². The number of halogens is 4. The van der Waals surface area contributed by atoms with Crippen LogP contribution < -0.4 is 0 Å². The third-order valence-corrected chi connectivity index (χ3v) is 0. The monoisotopic (exact) mass is 254 g/mol. The Hall–Kier alpha value is 1.65. The number of rotatable bonds is 0. The molecule has 0 unspecified atom stereocenters. The first-order chi connectivity index (χ1) is 4.00. The maximum Gasteiger partial charge on any atom is 0 e. The van der Waals surface area contributed by atoms with Gasteiger partial charge in [-0.3, -0.25) is 25.5 Å². The van der Waals surface area contributed by atoms with Crippen LogP contribution in [0.1, 0.15) is 0 Å². The van der Waals surface area contributed by atoms with Gasteiger partial charge in [0.2, 0.25) is 0 Å². The summed E-state index contributed by atoms with van der Waals surface area (Å²) in [7, 11) is 0. The summed E-state index contributed by atoms with van der Waals surface area (Å²) in [6, 6.07) is 0. The first kappa shape index (κ1) is 31.1. The van der Waals surface area contributed by atoms with E-state index in [1.807, 2.05) is 0 Å². The van der Waals surface area contributed by atoms with Crippen molar-refractivity contribution in [3.8, 4) is 0 Å². The quantitative estimate of drug-likeness (QED) is 0.453. The summed E-state index contributed by atoms with van der Waals surface area (Å²) in [6.07, 6.45) is 10.9. The summed E-state index contributed by atoms with van der Waals surface area (Å²) in [5, 5.41) is 0. The molecule has 0 saturated heterocycles. The van der Waals surface area contributed by atoms with E-state index in [2.05, 4.69) is 71.9 Å². The second kappa shape index (κ2) is 264. The summed E-state index contributed by atoms with van der Waals surface area (Å²) in [5.41, 5.74) is 0. The van der Waals surface area contributed by atoms with Crippen molar-refractivity contribution in [2.75, 3.05) is 0 Å². The van der Waals surface area contributed by atoms with Crippen LogP contribution in [0.2, 0.25) is 0 Å². The summed E-state index contributed by atoms with van der Waals surface area (Å²) in [5.74, 6) is 0. The first-order valence-electron chi connectivity index (χ1n) is 1.07. The van der Waals surface area contributed by atoms with Crippen LogP contribution in [0.15, 0.2) is 0 Å². The Kier molecular flexibility index (Phi) is 913. The zero-order chi connectivity index (χ0) is 8.00. The molecule has 0 heterocycles. The second-order valence-corrected chi connectivity index (χ2v) is 0. The van der Waals surface area contributed by atoms with Crippen LogP contribution >= 0.6 is 46.4 Å². The molecule has 0 spiro atoms. The van der Waals surface area contributed by atoms with Crippen molar-refractivity contribution in [2.24, 2.45) is 0 Å². The molecule has 0 saturated carbocycles. The van der Waals surface area contributed by atoms with E-state index in [0.29, 0.717) is 0 Å². The molecule has 5 heteroatoms. The van der Waals surface area contributed by atoms with Crippen LogP contribution in [-0.2, 0) is 16.5 Å². The molecular weight excluding hydrogens is 249 g/mol. The van der Waals surface area contributed by atoms with Crippen molar-refractivity contribution < 1.29 is 16.5 Å². The van der Waals surface area contributed by atoms with Gasteiger partial charge in [0.05, 0.1) is 0 Å². The standard InChI is InChI=1S/4CH2Cl.Ni/c4*1-2;/h4*1H2;/q4*-1;. The van der Waals surface area contributed by atoms with Crippen LogP contribution in [0.25, 0.3) is 0 Å². The molecule has 0 radical (unpaired) electrons. The van der Waals surface area contributed by atoms with Crippen molar-refractivity contribution in [2.45, 2.75) is 0 Å². The normalized spacial score (nSPS) is 2.67. The molecule has 0 aliphatic rings. The van der Waals surface area contributed by atoms with Gasteiger partial charge in [-0.2, -0.15) is 0 Å². The van der Waals surface area contributed by atoms with E-state index in [9.17, 15) is 0 Å². The van der Waals surface area contributed by atoms with Gasteiger partial charge in [0.25, 0.3) is 0 Å². The van der Waals surface area contributed by atoms with Gasteiger partial charge in [0.1, 0.15) is 0 Å². The fraction of sp³-hybridized carbons (Fsp3) is 0. The maximum absolute atomic E-state index is 4.39. The Balaban J connectivity index is -0.00000000762. The third-order valence-electron chi connectivity index (χ3n) is 0. The zero-order valence-corrected chi connectivity index (χ0v) is 8.67. The number of hydrogen-bond acceptors (Lipinski definition) is 0. The predicted molar refractivity (Wildman–Crippen MR) is 44.8 cm³/mol. The van der Waals surface area contributed by atoms with Crippen molar-refractivity contribution in [1.29, 1.82) is 0 Å². The van der Waals surface area contributed by atoms with E-state index in [1.165, 1.54) is 0 Å². The van der Waals surface area contributed by atoms with Gasteiger partial charge in [-0.25, -0.2) is 0 Å². The fourth-order valence-electron chi connectivity index (χ4n) is 0. The van der Waals surface area contributed by atoms with Gasteiger partial charge in [-0.05, 0) is 0 Å². The third kappa shape index (κ3) is 207. The predicted octanol–water partition coefficient (Wildman–Crippen LogP) is 4.06. The van der Waals surface area contributed by atoms with Crippen LogP contribution in [-0.4, -0.2) is 0 Å². The van der Waals surface area contributed by atoms with E-state index < -0.39 is 0 Å². The van der Waals surface area contributed by atoms with Crippen LogP contribution in [0.3, 0.4) is 0 Å². The molecule has 0 fully saturated rings. The van der Waals surface area contributed by atoms with Crippen molar-refractivity contribution in [1.82, 2.24) is 0 Å². The maximum atomic E-state index is 4.39. The minimum absolute atomic E-state index is 0. The molecule has 0 rings (SSSR count). The zero-order valence-electron chi connectivity index (χ0n) is 4.66. The van der Waals surface area contributed by atoms with Gasteiger partial charge < -0.3 is 46.4 Å². The summed E-state index contributed by atoms with van der Waals surface area (Å²) in [4.78, 5) is 0. The minimum Gasteiger partial charge on any atom is -0.352 e. The average Bonchev–Trinajstić information content (AvgIpc) is 2.03. The largest absolute Gasteiger partial charge is 0.352 e. The Morgan fingerprint density at radius 2 is 0.444 bits per heavy atom. The van der Waals surface area contributed by atoms with Gasteiger partial charge in [0.15, 0.2) is 0 Å². The van der Waals surface area contributed by atoms with Gasteiger partial charge in [-0.15, -0.1) is 0 Å². The van der Waals surface area contributed by atoms with Gasteiger partial charge in [-0.1, -0.05) is 0 Å². The Bertz CT molecular complexity index is 12.5. The summed E-state index contributed by atoms with van der Waals surface area (Å²) < 4.78 is 0. The Morgan fingerprint density at radius 3 is 0.444 bits per heavy atom. The van der Waals surface area contributed by atoms with E-state index in [4.69, 9.17) is 0 Å². The van der Waals surface area contributed by atoms with Crippen LogP contribution in [0.4, 0.5) is 0 Å². The molecule has 66 valence electrons. The molecular formula is C4H8Cl4Ni-4. The van der Waals surface area contributed by atoms with Crippen molar-refractivity contribution in [3.05, 3.63) is 25.5 Å². The van der Waals surface area contributed by atoms with Gasteiger partial charge >= 0.3 is 0 Å². The second-order valence-electron chi connectivity index (χ2n) is 0. The SMILES string of the molecule is [CH2-]Cl.[CH2-]Cl.[CH2-]Cl.[CH2-]Cl.[Ni]. The molecule has 0 atom stereocenters. The topological polar surface area (TPSA) is 0 Å². The molecule has 0 bridgehead atoms. The van der Waals surface area contributed by atoms with E-state index in [0.717, 1.165) is 0 Å². The Labute approximate surface area is 88.1 Å². The van der Waals surface area contributed by atoms with E-state index in [-0.39, 0.29) is 16.5 Å². The smallest absolute Gasteiger partial charge is 0 e. The van der Waals surface area contributed by atoms with Crippen LogP contribution in [0.5, 0.6) is 0 Å². The van der Waals surface area contributed by atoms with Crippen molar-refractivity contribution in [3.63, 3.8) is 0 Å². The Morgan fingerprint density at radius 1 is 0.444 bits per heavy atom. The molecule has 0 amide bonds. The van der Waals surface area contributed by atoms with E-state index >= 15 is 0 Å². The molecule has 0 aliphatic carbocycles. The summed E-state index contributed by atoms with van der Waals surface area (Å²) >= 11 is 17.6. The molecule has 0 aliphatic heterocycles. The molecule has 0 nitrogen and oxygen atoms in total. The number of hydrogen-bond donors (Lipinski definition) is 0. The summed E-state index contributed by atoms with van der Waals surface area (Å²) in [6.45, 7) is 0. The van der Waals surface area contributed by atoms with Crippen LogP contribution in [0, 0.1) is 25.5 Å². The molecule has 9 heavy (non-hydrogen) atoms. The molecule has 0 aromatic heterocycles. The minimum atomic E-state index is 0. The molecule has 0 aromatic carbocycles. The fourth-order valence-corrected chi connectivity index (χ4v) is 0. The average molecular weight is 257 g/mol. The van der Waals surface area contributed by atoms with E-state index in [1.54, 1.807) is 0 Å².